The van der Waals surface area contributed by atoms with Gasteiger partial charge in [0.2, 0.25) is 17.7 Å². The molecule has 1 aromatic carbocycles. The number of alkyl halides is 4. The van der Waals surface area contributed by atoms with Crippen LogP contribution in [0, 0.1) is 11.8 Å². The van der Waals surface area contributed by atoms with Crippen molar-refractivity contribution in [3.63, 3.8) is 0 Å². The van der Waals surface area contributed by atoms with Crippen molar-refractivity contribution in [2.75, 3.05) is 10.6 Å². The van der Waals surface area contributed by atoms with Crippen molar-refractivity contribution in [3.05, 3.63) is 42.6 Å². The van der Waals surface area contributed by atoms with Crippen molar-refractivity contribution in [3.8, 4) is 11.6 Å². The van der Waals surface area contributed by atoms with E-state index in [2.05, 4.69) is 15.6 Å². The van der Waals surface area contributed by atoms with E-state index in [9.17, 15) is 9.59 Å². The van der Waals surface area contributed by atoms with E-state index in [-0.39, 0.29) is 11.8 Å². The van der Waals surface area contributed by atoms with Gasteiger partial charge in [0.15, 0.2) is 0 Å². The van der Waals surface area contributed by atoms with Gasteiger partial charge in [0.25, 0.3) is 0 Å². The van der Waals surface area contributed by atoms with Gasteiger partial charge in [0.05, 0.1) is 23.7 Å². The van der Waals surface area contributed by atoms with Crippen molar-refractivity contribution in [1.29, 1.82) is 0 Å². The first-order chi connectivity index (χ1) is 13.6. The minimum Gasteiger partial charge on any atom is -0.439 e. The van der Waals surface area contributed by atoms with Crippen LogP contribution in [0.1, 0.15) is 12.8 Å². The van der Waals surface area contributed by atoms with E-state index in [1.54, 1.807) is 36.4 Å². The van der Waals surface area contributed by atoms with E-state index < -0.39 is 20.5 Å². The Hall–Kier alpha value is -1.73. The molecule has 2 aliphatic carbocycles. The van der Waals surface area contributed by atoms with Crippen molar-refractivity contribution in [2.24, 2.45) is 11.8 Å². The van der Waals surface area contributed by atoms with Crippen LogP contribution in [0.3, 0.4) is 0 Å². The number of aromatic nitrogens is 1. The Morgan fingerprint density at radius 3 is 1.79 bits per heavy atom. The van der Waals surface area contributed by atoms with Crippen LogP contribution in [0.2, 0.25) is 0 Å². The van der Waals surface area contributed by atoms with Crippen LogP contribution in [0.5, 0.6) is 11.6 Å². The lowest BCUT2D eigenvalue weighted by Gasteiger charge is -2.09. The number of hydrogen-bond acceptors (Lipinski definition) is 4. The number of amides is 2. The number of halogens is 4. The molecule has 6 nitrogen and oxygen atoms in total. The van der Waals surface area contributed by atoms with Gasteiger partial charge in [-0.2, -0.15) is 0 Å². The highest BCUT2D eigenvalue weighted by Crippen LogP contribution is 2.54. The van der Waals surface area contributed by atoms with Gasteiger partial charge in [-0.15, -0.1) is 46.4 Å². The summed E-state index contributed by atoms with van der Waals surface area (Å²) >= 11 is 23.6. The van der Waals surface area contributed by atoms with E-state index >= 15 is 0 Å². The molecule has 10 heteroatoms. The summed E-state index contributed by atoms with van der Waals surface area (Å²) < 4.78 is 3.73. The number of carbonyl (C=O) groups excluding carboxylic acids is 2. The standard InChI is InChI=1S/C19H15Cl4N3O3/c20-18(21)7-13(18)16(27)25-10-1-4-12(5-2-10)29-15-6-3-11(9-24-15)26-17(28)14-8-19(14,22)23/h1-6,9,13-14H,7-8H2,(H,25,27)(H,26,28). The summed E-state index contributed by atoms with van der Waals surface area (Å²) in [6.07, 6.45) is 2.37. The van der Waals surface area contributed by atoms with Crippen molar-refractivity contribution in [2.45, 2.75) is 21.5 Å². The molecule has 29 heavy (non-hydrogen) atoms. The molecule has 2 aliphatic rings. The molecule has 152 valence electrons. The maximum absolute atomic E-state index is 12.0. The second-order valence-electron chi connectivity index (χ2n) is 7.03. The number of hydrogen-bond donors (Lipinski definition) is 2. The molecule has 2 unspecified atom stereocenters. The molecule has 2 aromatic rings. The zero-order valence-electron chi connectivity index (χ0n) is 14.8. The lowest BCUT2D eigenvalue weighted by atomic mass is 10.3. The van der Waals surface area contributed by atoms with Gasteiger partial charge < -0.3 is 15.4 Å². The summed E-state index contributed by atoms with van der Waals surface area (Å²) in [4.78, 5) is 28.1. The summed E-state index contributed by atoms with van der Waals surface area (Å²) in [5.74, 6) is -0.372. The Morgan fingerprint density at radius 1 is 0.862 bits per heavy atom. The maximum atomic E-state index is 12.0. The molecular weight excluding hydrogens is 460 g/mol. The van der Waals surface area contributed by atoms with E-state index in [0.29, 0.717) is 35.8 Å². The minimum absolute atomic E-state index is 0.213. The fourth-order valence-corrected chi connectivity index (χ4v) is 3.71. The molecular formula is C19H15Cl4N3O3. The SMILES string of the molecule is O=C(Nc1ccc(Oc2ccc(NC(=O)C3CC3(Cl)Cl)cn2)cc1)C1CC1(Cl)Cl. The zero-order chi connectivity index (χ0) is 20.8. The molecule has 2 N–H and O–H groups in total. The Morgan fingerprint density at radius 2 is 1.34 bits per heavy atom. The number of anilines is 2. The van der Waals surface area contributed by atoms with Crippen molar-refractivity contribution < 1.29 is 14.3 Å². The number of nitrogens with one attached hydrogen (secondary N) is 2. The third kappa shape index (κ3) is 4.89. The largest absolute Gasteiger partial charge is 0.439 e. The minimum atomic E-state index is -0.970. The van der Waals surface area contributed by atoms with Crippen LogP contribution >= 0.6 is 46.4 Å². The first-order valence-corrected chi connectivity index (χ1v) is 10.3. The molecule has 2 saturated carbocycles. The van der Waals surface area contributed by atoms with Crippen LogP contribution in [0.15, 0.2) is 42.6 Å². The number of ether oxygens (including phenoxy) is 1. The van der Waals surface area contributed by atoms with Gasteiger partial charge in [-0.05, 0) is 43.2 Å². The van der Waals surface area contributed by atoms with E-state index in [4.69, 9.17) is 51.1 Å². The molecule has 0 bridgehead atoms. The topological polar surface area (TPSA) is 80.3 Å². The first kappa shape index (κ1) is 20.5. The van der Waals surface area contributed by atoms with E-state index in [1.165, 1.54) is 6.20 Å². The molecule has 0 spiro atoms. The first-order valence-electron chi connectivity index (χ1n) is 8.75. The van der Waals surface area contributed by atoms with Crippen LogP contribution in [-0.2, 0) is 9.59 Å². The van der Waals surface area contributed by atoms with Crippen LogP contribution < -0.4 is 15.4 Å². The average molecular weight is 475 g/mol. The quantitative estimate of drug-likeness (QED) is 0.568. The highest BCUT2D eigenvalue weighted by Gasteiger charge is 2.57. The number of carbonyl (C=O) groups is 2. The van der Waals surface area contributed by atoms with Gasteiger partial charge in [-0.1, -0.05) is 0 Å². The van der Waals surface area contributed by atoms with Crippen LogP contribution in [0.4, 0.5) is 11.4 Å². The van der Waals surface area contributed by atoms with Gasteiger partial charge in [-0.25, -0.2) is 4.98 Å². The third-order valence-corrected chi connectivity index (χ3v) is 6.30. The number of rotatable bonds is 6. The lowest BCUT2D eigenvalue weighted by molar-refractivity contribution is -0.118. The molecule has 2 atom stereocenters. The third-order valence-electron chi connectivity index (χ3n) is 4.63. The summed E-state index contributed by atoms with van der Waals surface area (Å²) in [5.41, 5.74) is 1.13. The van der Waals surface area contributed by atoms with Gasteiger partial charge in [0.1, 0.15) is 14.4 Å². The van der Waals surface area contributed by atoms with Crippen molar-refractivity contribution in [1.82, 2.24) is 4.98 Å². The molecule has 2 fully saturated rings. The van der Waals surface area contributed by atoms with E-state index in [1.807, 2.05) is 0 Å². The monoisotopic (exact) mass is 473 g/mol. The second-order valence-corrected chi connectivity index (χ2v) is 10.1. The molecule has 0 saturated heterocycles. The molecule has 0 aliphatic heterocycles. The van der Waals surface area contributed by atoms with Crippen molar-refractivity contribution >= 4 is 69.6 Å². The Labute approximate surface area is 186 Å². The van der Waals surface area contributed by atoms with Gasteiger partial charge in [-0.3, -0.25) is 9.59 Å². The summed E-state index contributed by atoms with van der Waals surface area (Å²) in [5, 5.41) is 5.47. The fourth-order valence-electron chi connectivity index (χ4n) is 2.70. The Bertz CT molecular complexity index is 871. The number of benzene rings is 1. The molecule has 0 radical (unpaired) electrons. The molecule has 4 rings (SSSR count). The molecule has 1 heterocycles. The zero-order valence-corrected chi connectivity index (χ0v) is 17.8. The summed E-state index contributed by atoms with van der Waals surface area (Å²) in [6.45, 7) is 0. The van der Waals surface area contributed by atoms with Crippen LogP contribution in [0.25, 0.3) is 0 Å². The molecule has 2 amide bonds. The molecule has 1 aromatic heterocycles. The number of nitrogens with zero attached hydrogens (tertiary/aromatic N) is 1. The van der Waals surface area contributed by atoms with Gasteiger partial charge in [0, 0.05) is 11.8 Å². The summed E-state index contributed by atoms with van der Waals surface area (Å²) in [7, 11) is 0. The second kappa shape index (κ2) is 7.51. The lowest BCUT2D eigenvalue weighted by Crippen LogP contribution is -2.16. The average Bonchev–Trinajstić information content (AvgIpc) is 3.52. The van der Waals surface area contributed by atoms with E-state index in [0.717, 1.165) is 0 Å². The fraction of sp³-hybridized carbons (Fsp3) is 0.316. The van der Waals surface area contributed by atoms with Crippen LogP contribution in [-0.4, -0.2) is 25.5 Å². The summed E-state index contributed by atoms with van der Waals surface area (Å²) in [6, 6.07) is 10.1. The number of pyridine rings is 1. The highest BCUT2D eigenvalue weighted by atomic mass is 35.5. The smallest absolute Gasteiger partial charge is 0.230 e. The predicted octanol–water partition coefficient (Wildman–Crippen LogP) is 5.14. The van der Waals surface area contributed by atoms with Gasteiger partial charge >= 0.3 is 0 Å². The predicted molar refractivity (Wildman–Crippen MR) is 113 cm³/mol. The maximum Gasteiger partial charge on any atom is 0.230 e. The highest BCUT2D eigenvalue weighted by molar-refractivity contribution is 6.53. The Kier molecular flexibility index (Phi) is 5.32. The normalized spacial score (nSPS) is 23.0. The Balaban J connectivity index is 1.30.